The van der Waals surface area contributed by atoms with Crippen LogP contribution in [0.5, 0.6) is 0 Å². The van der Waals surface area contributed by atoms with E-state index in [1.165, 1.54) is 0 Å². The van der Waals surface area contributed by atoms with Crippen LogP contribution in [0.2, 0.25) is 0 Å². The molecule has 21 heavy (non-hydrogen) atoms. The van der Waals surface area contributed by atoms with Crippen molar-refractivity contribution in [3.8, 4) is 0 Å². The highest BCUT2D eigenvalue weighted by Gasteiger charge is 2.22. The van der Waals surface area contributed by atoms with Crippen molar-refractivity contribution in [3.63, 3.8) is 0 Å². The number of sulfone groups is 1. The molecule has 0 aliphatic rings. The molecular weight excluding hydrogens is 290 g/mol. The van der Waals surface area contributed by atoms with Gasteiger partial charge in [0.2, 0.25) is 0 Å². The second kappa shape index (κ2) is 7.45. The van der Waals surface area contributed by atoms with Crippen LogP contribution < -0.4 is 4.90 Å². The fourth-order valence-corrected chi connectivity index (χ4v) is 3.77. The Hall–Kier alpha value is -1.56. The van der Waals surface area contributed by atoms with E-state index in [1.54, 1.807) is 29.2 Å². The molecular formula is C15H23NO4S. The molecule has 0 saturated carbocycles. The largest absolute Gasteiger partial charge is 0.480 e. The van der Waals surface area contributed by atoms with E-state index in [-0.39, 0.29) is 23.1 Å². The maximum Gasteiger partial charge on any atom is 0.323 e. The van der Waals surface area contributed by atoms with E-state index >= 15 is 0 Å². The number of carbonyl (C=O) groups is 1. The van der Waals surface area contributed by atoms with Gasteiger partial charge in [0, 0.05) is 6.54 Å². The van der Waals surface area contributed by atoms with Gasteiger partial charge in [0.25, 0.3) is 0 Å². The molecule has 5 nitrogen and oxygen atoms in total. The van der Waals surface area contributed by atoms with Crippen LogP contribution in [0.4, 0.5) is 5.69 Å². The van der Waals surface area contributed by atoms with Gasteiger partial charge in [-0.15, -0.1) is 0 Å². The first-order valence-corrected chi connectivity index (χ1v) is 8.71. The van der Waals surface area contributed by atoms with Crippen molar-refractivity contribution in [3.05, 3.63) is 24.3 Å². The van der Waals surface area contributed by atoms with Gasteiger partial charge in [0.05, 0.1) is 16.3 Å². The minimum atomic E-state index is -3.39. The molecule has 118 valence electrons. The Morgan fingerprint density at radius 2 is 1.90 bits per heavy atom. The van der Waals surface area contributed by atoms with E-state index in [0.29, 0.717) is 18.7 Å². The summed E-state index contributed by atoms with van der Waals surface area (Å²) in [7, 11) is -3.39. The molecule has 1 aromatic rings. The molecule has 0 radical (unpaired) electrons. The number of carboxylic acids is 1. The van der Waals surface area contributed by atoms with Crippen molar-refractivity contribution in [1.82, 2.24) is 0 Å². The third kappa shape index (κ3) is 5.04. The molecule has 0 saturated heterocycles. The number of hydrogen-bond acceptors (Lipinski definition) is 4. The van der Waals surface area contributed by atoms with E-state index in [9.17, 15) is 13.2 Å². The summed E-state index contributed by atoms with van der Waals surface area (Å²) in [6, 6.07) is 6.62. The normalized spacial score (nSPS) is 11.6. The van der Waals surface area contributed by atoms with Crippen molar-refractivity contribution >= 4 is 21.5 Å². The monoisotopic (exact) mass is 313 g/mol. The van der Waals surface area contributed by atoms with Crippen molar-refractivity contribution in [2.45, 2.75) is 32.1 Å². The first kappa shape index (κ1) is 17.5. The summed E-state index contributed by atoms with van der Waals surface area (Å²) in [5.74, 6) is -0.684. The van der Waals surface area contributed by atoms with Gasteiger partial charge in [-0.25, -0.2) is 8.42 Å². The summed E-state index contributed by atoms with van der Waals surface area (Å²) in [6.45, 7) is 6.03. The zero-order valence-electron chi connectivity index (χ0n) is 12.7. The number of carboxylic acid groups (broad SMARTS) is 1. The summed E-state index contributed by atoms with van der Waals surface area (Å²) < 4.78 is 24.7. The zero-order chi connectivity index (χ0) is 16.0. The van der Waals surface area contributed by atoms with Gasteiger partial charge in [-0.2, -0.15) is 0 Å². The van der Waals surface area contributed by atoms with Crippen LogP contribution in [0.1, 0.15) is 27.2 Å². The molecule has 1 aromatic carbocycles. The Kier molecular flexibility index (Phi) is 6.20. The summed E-state index contributed by atoms with van der Waals surface area (Å²) in [4.78, 5) is 12.9. The average Bonchev–Trinajstić information content (AvgIpc) is 2.37. The zero-order valence-corrected chi connectivity index (χ0v) is 13.6. The van der Waals surface area contributed by atoms with Gasteiger partial charge in [-0.05, 0) is 24.5 Å². The summed E-state index contributed by atoms with van der Waals surface area (Å²) in [5, 5.41) is 9.06. The van der Waals surface area contributed by atoms with Crippen LogP contribution in [-0.4, -0.2) is 38.3 Å². The maximum atomic E-state index is 12.4. The Morgan fingerprint density at radius 1 is 1.29 bits per heavy atom. The van der Waals surface area contributed by atoms with Crippen LogP contribution in [-0.2, 0) is 14.6 Å². The summed E-state index contributed by atoms with van der Waals surface area (Å²) in [6.07, 6.45) is 0.528. The van der Waals surface area contributed by atoms with Crippen molar-refractivity contribution in [1.29, 1.82) is 0 Å². The highest BCUT2D eigenvalue weighted by molar-refractivity contribution is 7.91. The van der Waals surface area contributed by atoms with Gasteiger partial charge >= 0.3 is 5.97 Å². The second-order valence-electron chi connectivity index (χ2n) is 5.45. The first-order valence-electron chi connectivity index (χ1n) is 7.06. The lowest BCUT2D eigenvalue weighted by atomic mass is 10.2. The molecule has 1 N–H and O–H groups in total. The Balaban J connectivity index is 3.28. The highest BCUT2D eigenvalue weighted by Crippen LogP contribution is 2.27. The lowest BCUT2D eigenvalue weighted by Gasteiger charge is -2.27. The minimum absolute atomic E-state index is 0.0621. The maximum absolute atomic E-state index is 12.4. The van der Waals surface area contributed by atoms with Crippen molar-refractivity contribution < 1.29 is 18.3 Å². The van der Waals surface area contributed by atoms with Crippen LogP contribution in [0.15, 0.2) is 29.2 Å². The predicted octanol–water partition coefficient (Wildman–Crippen LogP) is 2.42. The molecule has 0 fully saturated rings. The Morgan fingerprint density at radius 3 is 2.43 bits per heavy atom. The summed E-state index contributed by atoms with van der Waals surface area (Å²) in [5.41, 5.74) is 0.474. The average molecular weight is 313 g/mol. The lowest BCUT2D eigenvalue weighted by molar-refractivity contribution is -0.135. The molecule has 0 heterocycles. The third-order valence-electron chi connectivity index (χ3n) is 2.93. The van der Waals surface area contributed by atoms with E-state index in [1.807, 2.05) is 20.8 Å². The van der Waals surface area contributed by atoms with E-state index < -0.39 is 15.8 Å². The topological polar surface area (TPSA) is 74.7 Å². The van der Waals surface area contributed by atoms with E-state index in [2.05, 4.69) is 0 Å². The van der Waals surface area contributed by atoms with Gasteiger partial charge in [0.15, 0.2) is 9.84 Å². The van der Waals surface area contributed by atoms with Gasteiger partial charge < -0.3 is 10.0 Å². The molecule has 0 aliphatic carbocycles. The fourth-order valence-electron chi connectivity index (χ4n) is 2.21. The first-order chi connectivity index (χ1) is 9.77. The third-order valence-corrected chi connectivity index (χ3v) is 4.89. The number of para-hydroxylation sites is 1. The quantitative estimate of drug-likeness (QED) is 0.798. The Bertz CT molecular complexity index is 581. The van der Waals surface area contributed by atoms with Crippen LogP contribution in [0.25, 0.3) is 0 Å². The van der Waals surface area contributed by atoms with E-state index in [4.69, 9.17) is 5.11 Å². The minimum Gasteiger partial charge on any atom is -0.480 e. The molecule has 0 bridgehead atoms. The molecule has 0 unspecified atom stereocenters. The van der Waals surface area contributed by atoms with Gasteiger partial charge in [-0.3, -0.25) is 4.79 Å². The number of nitrogens with zero attached hydrogens (tertiary/aromatic N) is 1. The highest BCUT2D eigenvalue weighted by atomic mass is 32.2. The smallest absolute Gasteiger partial charge is 0.323 e. The Labute approximate surface area is 126 Å². The standard InChI is InChI=1S/C15H23NO4S/c1-4-9-21(19,20)14-8-6-5-7-13(14)16(10-12(2)3)11-15(17)18/h5-8,12H,4,9-11H2,1-3H3,(H,17,18). The molecule has 0 spiro atoms. The molecule has 0 aliphatic heterocycles. The number of aliphatic carboxylic acids is 1. The van der Waals surface area contributed by atoms with Crippen molar-refractivity contribution in [2.75, 3.05) is 23.7 Å². The number of benzene rings is 1. The predicted molar refractivity (Wildman–Crippen MR) is 83.5 cm³/mol. The second-order valence-corrected chi connectivity index (χ2v) is 7.53. The molecule has 6 heteroatoms. The van der Waals surface area contributed by atoms with E-state index in [0.717, 1.165) is 0 Å². The van der Waals surface area contributed by atoms with Crippen LogP contribution in [0.3, 0.4) is 0 Å². The van der Waals surface area contributed by atoms with Crippen LogP contribution >= 0.6 is 0 Å². The number of hydrogen-bond donors (Lipinski definition) is 1. The fraction of sp³-hybridized carbons (Fsp3) is 0.533. The van der Waals surface area contributed by atoms with Gasteiger partial charge in [-0.1, -0.05) is 32.9 Å². The lowest BCUT2D eigenvalue weighted by Crippen LogP contribution is -2.34. The molecule has 0 atom stereocenters. The van der Waals surface area contributed by atoms with Crippen LogP contribution in [0, 0.1) is 5.92 Å². The molecule has 1 rings (SSSR count). The molecule has 0 amide bonds. The summed E-state index contributed by atoms with van der Waals surface area (Å²) >= 11 is 0. The number of rotatable bonds is 8. The number of anilines is 1. The SMILES string of the molecule is CCCS(=O)(=O)c1ccccc1N(CC(=O)O)CC(C)C. The molecule has 0 aromatic heterocycles. The van der Waals surface area contributed by atoms with Crippen molar-refractivity contribution in [2.24, 2.45) is 5.92 Å². The van der Waals surface area contributed by atoms with Gasteiger partial charge in [0.1, 0.15) is 6.54 Å².